The molecule has 2 saturated heterocycles. The van der Waals surface area contributed by atoms with E-state index in [2.05, 4.69) is 0 Å². The molecule has 0 radical (unpaired) electrons. The molecule has 3 rings (SSSR count). The van der Waals surface area contributed by atoms with Crippen LogP contribution in [0.25, 0.3) is 0 Å². The molecule has 0 aliphatic carbocycles. The molecule has 20 heavy (non-hydrogen) atoms. The van der Waals surface area contributed by atoms with Crippen molar-refractivity contribution >= 4 is 24.3 Å². The Morgan fingerprint density at radius 2 is 2.20 bits per heavy atom. The summed E-state index contributed by atoms with van der Waals surface area (Å²) in [5.74, 6) is 2.76. The van der Waals surface area contributed by atoms with Crippen LogP contribution in [0.1, 0.15) is 19.3 Å². The van der Waals surface area contributed by atoms with Crippen LogP contribution < -0.4 is 10.2 Å². The van der Waals surface area contributed by atoms with Crippen LogP contribution in [0.4, 0.5) is 0 Å². The Morgan fingerprint density at radius 3 is 2.95 bits per heavy atom. The maximum atomic E-state index is 9.39. The molecule has 6 heteroatoms. The lowest BCUT2D eigenvalue weighted by Gasteiger charge is -2.37. The van der Waals surface area contributed by atoms with Gasteiger partial charge in [-0.15, -0.1) is 0 Å². The Balaban J connectivity index is 1.71. The van der Waals surface area contributed by atoms with Crippen molar-refractivity contribution in [3.8, 4) is 5.75 Å². The summed E-state index contributed by atoms with van der Waals surface area (Å²) >= 11 is 1.94. The molecule has 2 fully saturated rings. The molecule has 2 N–H and O–H groups in total. The van der Waals surface area contributed by atoms with E-state index in [1.807, 2.05) is 17.8 Å². The van der Waals surface area contributed by atoms with Crippen molar-refractivity contribution in [3.63, 3.8) is 0 Å². The van der Waals surface area contributed by atoms with Crippen molar-refractivity contribution in [1.82, 2.24) is 0 Å². The van der Waals surface area contributed by atoms with E-state index in [0.29, 0.717) is 11.2 Å². The minimum Gasteiger partial charge on any atom is -0.491 e. The SMILES string of the molecule is OB(O)c1ccccc1OC1CCOC2(CCSC2)C1. The first-order valence-corrected chi connectivity index (χ1v) is 8.17. The first-order chi connectivity index (χ1) is 9.69. The van der Waals surface area contributed by atoms with Gasteiger partial charge >= 0.3 is 7.12 Å². The predicted octanol–water partition coefficient (Wildman–Crippen LogP) is 0.800. The molecule has 2 aliphatic heterocycles. The molecule has 0 aromatic heterocycles. The van der Waals surface area contributed by atoms with E-state index in [-0.39, 0.29) is 11.7 Å². The van der Waals surface area contributed by atoms with Crippen molar-refractivity contribution in [2.45, 2.75) is 31.0 Å². The molecule has 1 spiro atoms. The summed E-state index contributed by atoms with van der Waals surface area (Å²) < 4.78 is 12.0. The Kier molecular flexibility index (Phi) is 4.26. The summed E-state index contributed by atoms with van der Waals surface area (Å²) in [6.07, 6.45) is 2.90. The molecule has 4 nitrogen and oxygen atoms in total. The van der Waals surface area contributed by atoms with Gasteiger partial charge in [0.15, 0.2) is 0 Å². The van der Waals surface area contributed by atoms with Gasteiger partial charge in [-0.2, -0.15) is 11.8 Å². The smallest absolute Gasteiger partial charge is 0.491 e. The van der Waals surface area contributed by atoms with Gasteiger partial charge in [-0.3, -0.25) is 0 Å². The van der Waals surface area contributed by atoms with Gasteiger partial charge in [0.05, 0.1) is 12.2 Å². The highest BCUT2D eigenvalue weighted by molar-refractivity contribution is 7.99. The van der Waals surface area contributed by atoms with Crippen LogP contribution >= 0.6 is 11.8 Å². The fraction of sp³-hybridized carbons (Fsp3) is 0.571. The van der Waals surface area contributed by atoms with Crippen molar-refractivity contribution in [1.29, 1.82) is 0 Å². The maximum Gasteiger partial charge on any atom is 0.492 e. The first-order valence-electron chi connectivity index (χ1n) is 7.02. The quantitative estimate of drug-likeness (QED) is 0.808. The molecule has 1 aromatic carbocycles. The van der Waals surface area contributed by atoms with Crippen LogP contribution in [-0.4, -0.2) is 47.0 Å². The van der Waals surface area contributed by atoms with E-state index in [9.17, 15) is 10.0 Å². The summed E-state index contributed by atoms with van der Waals surface area (Å²) in [6.45, 7) is 0.717. The number of ether oxygens (including phenoxy) is 2. The number of hydrogen-bond donors (Lipinski definition) is 2. The van der Waals surface area contributed by atoms with Gasteiger partial charge in [0.25, 0.3) is 0 Å². The Hall–Kier alpha value is -0.685. The highest BCUT2D eigenvalue weighted by Crippen LogP contribution is 2.39. The minimum absolute atomic E-state index is 0.0274. The molecule has 108 valence electrons. The predicted molar refractivity (Wildman–Crippen MR) is 80.5 cm³/mol. The van der Waals surface area contributed by atoms with Crippen LogP contribution in [0.3, 0.4) is 0 Å². The Bertz CT molecular complexity index is 462. The van der Waals surface area contributed by atoms with E-state index < -0.39 is 7.12 Å². The van der Waals surface area contributed by atoms with Gasteiger partial charge in [-0.25, -0.2) is 0 Å². The second-order valence-electron chi connectivity index (χ2n) is 5.48. The van der Waals surface area contributed by atoms with Crippen LogP contribution in [-0.2, 0) is 4.74 Å². The highest BCUT2D eigenvalue weighted by atomic mass is 32.2. The average molecular weight is 294 g/mol. The average Bonchev–Trinajstić information content (AvgIpc) is 2.87. The van der Waals surface area contributed by atoms with Gasteiger partial charge < -0.3 is 19.5 Å². The number of para-hydroxylation sites is 1. The molecular weight excluding hydrogens is 275 g/mol. The van der Waals surface area contributed by atoms with Gasteiger partial charge in [-0.05, 0) is 18.2 Å². The topological polar surface area (TPSA) is 58.9 Å². The van der Waals surface area contributed by atoms with Crippen LogP contribution in [0.15, 0.2) is 24.3 Å². The zero-order valence-electron chi connectivity index (χ0n) is 11.3. The second kappa shape index (κ2) is 5.97. The summed E-state index contributed by atoms with van der Waals surface area (Å²) in [5, 5.41) is 18.8. The summed E-state index contributed by atoms with van der Waals surface area (Å²) in [5.41, 5.74) is 0.397. The molecule has 0 amide bonds. The monoisotopic (exact) mass is 294 g/mol. The number of benzene rings is 1. The van der Waals surface area contributed by atoms with E-state index in [0.717, 1.165) is 37.4 Å². The number of hydrogen-bond acceptors (Lipinski definition) is 5. The molecule has 1 aromatic rings. The van der Waals surface area contributed by atoms with Crippen molar-refractivity contribution in [3.05, 3.63) is 24.3 Å². The van der Waals surface area contributed by atoms with Gasteiger partial charge in [-0.1, -0.05) is 18.2 Å². The molecule has 0 bridgehead atoms. The third-order valence-corrected chi connectivity index (χ3v) is 5.23. The molecular formula is C14H19BO4S. The lowest BCUT2D eigenvalue weighted by atomic mass is 9.79. The van der Waals surface area contributed by atoms with Gasteiger partial charge in [0.2, 0.25) is 0 Å². The van der Waals surface area contributed by atoms with E-state index >= 15 is 0 Å². The molecule has 2 unspecified atom stereocenters. The maximum absolute atomic E-state index is 9.39. The van der Waals surface area contributed by atoms with Crippen LogP contribution in [0.5, 0.6) is 5.75 Å². The first kappa shape index (κ1) is 14.3. The normalized spacial score (nSPS) is 29.6. The fourth-order valence-corrected chi connectivity index (χ4v) is 4.31. The zero-order valence-corrected chi connectivity index (χ0v) is 12.1. The highest BCUT2D eigenvalue weighted by Gasteiger charge is 2.41. The summed E-state index contributed by atoms with van der Waals surface area (Å²) in [6, 6.07) is 7.10. The lowest BCUT2D eigenvalue weighted by molar-refractivity contribution is -0.0957. The molecule has 2 atom stereocenters. The minimum atomic E-state index is -1.50. The second-order valence-corrected chi connectivity index (χ2v) is 6.58. The largest absolute Gasteiger partial charge is 0.492 e. The standard InChI is InChI=1S/C14H19BO4S/c16-15(17)12-3-1-2-4-13(12)19-11-5-7-18-14(9-11)6-8-20-10-14/h1-4,11,16-17H,5-10H2. The fourth-order valence-electron chi connectivity index (χ4n) is 2.93. The van der Waals surface area contributed by atoms with E-state index in [1.165, 1.54) is 0 Å². The van der Waals surface area contributed by atoms with E-state index in [1.54, 1.807) is 18.2 Å². The summed E-state index contributed by atoms with van der Waals surface area (Å²) in [4.78, 5) is 0. The van der Waals surface area contributed by atoms with Crippen LogP contribution in [0, 0.1) is 0 Å². The summed E-state index contributed by atoms with van der Waals surface area (Å²) in [7, 11) is -1.50. The van der Waals surface area contributed by atoms with Gasteiger partial charge in [0.1, 0.15) is 11.9 Å². The zero-order chi connectivity index (χ0) is 14.0. The van der Waals surface area contributed by atoms with Gasteiger partial charge in [0, 0.05) is 24.1 Å². The van der Waals surface area contributed by atoms with Crippen molar-refractivity contribution < 1.29 is 19.5 Å². The number of thioether (sulfide) groups is 1. The molecule has 0 saturated carbocycles. The third kappa shape index (κ3) is 2.98. The molecule has 2 heterocycles. The number of rotatable bonds is 3. The van der Waals surface area contributed by atoms with E-state index in [4.69, 9.17) is 9.47 Å². The van der Waals surface area contributed by atoms with Crippen molar-refractivity contribution in [2.75, 3.05) is 18.1 Å². The van der Waals surface area contributed by atoms with Crippen molar-refractivity contribution in [2.24, 2.45) is 0 Å². The third-order valence-electron chi connectivity index (χ3n) is 4.01. The lowest BCUT2D eigenvalue weighted by Crippen LogP contribution is -2.44. The Labute approximate surface area is 123 Å². The Morgan fingerprint density at radius 1 is 1.35 bits per heavy atom. The molecule has 2 aliphatic rings. The van der Waals surface area contributed by atoms with Crippen LogP contribution in [0.2, 0.25) is 0 Å².